The van der Waals surface area contributed by atoms with E-state index in [1.807, 2.05) is 35.2 Å². The zero-order chi connectivity index (χ0) is 16.4. The van der Waals surface area contributed by atoms with Crippen LogP contribution < -0.4 is 4.90 Å². The lowest BCUT2D eigenvalue weighted by atomic mass is 9.93. The number of nitrogens with zero attached hydrogens (tertiary/aromatic N) is 1. The van der Waals surface area contributed by atoms with Crippen LogP contribution in [0.2, 0.25) is 0 Å². The quantitative estimate of drug-likeness (QED) is 0.907. The van der Waals surface area contributed by atoms with Gasteiger partial charge in [0.2, 0.25) is 0 Å². The second-order valence-corrected chi connectivity index (χ2v) is 5.62. The number of carboxylic acid groups (broad SMARTS) is 2. The van der Waals surface area contributed by atoms with Crippen LogP contribution in [0.1, 0.15) is 38.3 Å². The second kappa shape index (κ2) is 6.12. The van der Waals surface area contributed by atoms with Gasteiger partial charge in [0, 0.05) is 13.1 Å². The zero-order valence-corrected chi connectivity index (χ0v) is 12.5. The number of aryl methyl sites for hydroxylation is 1. The fourth-order valence-corrected chi connectivity index (χ4v) is 3.13. The highest BCUT2D eigenvalue weighted by atomic mass is 16.4. The third-order valence-corrected chi connectivity index (χ3v) is 4.11. The SMILES string of the molecule is O=C(O)c1ccc2c(c1C(=O)O)N(Cc1ccccc1)CCC2. The van der Waals surface area contributed by atoms with Crippen LogP contribution in [-0.2, 0) is 13.0 Å². The summed E-state index contributed by atoms with van der Waals surface area (Å²) in [5, 5.41) is 18.9. The molecule has 118 valence electrons. The van der Waals surface area contributed by atoms with Crippen LogP contribution in [0.25, 0.3) is 0 Å². The van der Waals surface area contributed by atoms with Gasteiger partial charge in [-0.15, -0.1) is 0 Å². The number of rotatable bonds is 4. The number of aromatic carboxylic acids is 2. The van der Waals surface area contributed by atoms with Crippen LogP contribution in [0.4, 0.5) is 5.69 Å². The lowest BCUT2D eigenvalue weighted by Gasteiger charge is -2.33. The minimum Gasteiger partial charge on any atom is -0.478 e. The third kappa shape index (κ3) is 2.90. The number of benzene rings is 2. The van der Waals surface area contributed by atoms with Crippen LogP contribution in [-0.4, -0.2) is 28.7 Å². The van der Waals surface area contributed by atoms with Gasteiger partial charge < -0.3 is 15.1 Å². The van der Waals surface area contributed by atoms with E-state index in [-0.39, 0.29) is 11.1 Å². The number of hydrogen-bond donors (Lipinski definition) is 2. The summed E-state index contributed by atoms with van der Waals surface area (Å²) in [6.45, 7) is 1.28. The number of fused-ring (bicyclic) bond motifs is 1. The molecule has 3 rings (SSSR count). The molecule has 0 bridgehead atoms. The van der Waals surface area contributed by atoms with E-state index < -0.39 is 11.9 Å². The van der Waals surface area contributed by atoms with Crippen LogP contribution in [0.5, 0.6) is 0 Å². The van der Waals surface area contributed by atoms with E-state index in [0.717, 1.165) is 24.0 Å². The van der Waals surface area contributed by atoms with Gasteiger partial charge in [-0.2, -0.15) is 0 Å². The first-order valence-electron chi connectivity index (χ1n) is 7.49. The molecule has 0 fully saturated rings. The van der Waals surface area contributed by atoms with E-state index in [0.29, 0.717) is 18.8 Å². The van der Waals surface area contributed by atoms with E-state index in [1.165, 1.54) is 6.07 Å². The summed E-state index contributed by atoms with van der Waals surface area (Å²) in [6, 6.07) is 12.9. The first-order chi connectivity index (χ1) is 11.1. The Morgan fingerprint density at radius 3 is 2.39 bits per heavy atom. The lowest BCUT2D eigenvalue weighted by Crippen LogP contribution is -2.31. The first kappa shape index (κ1) is 15.1. The molecule has 2 N–H and O–H groups in total. The Morgan fingerprint density at radius 2 is 1.74 bits per heavy atom. The van der Waals surface area contributed by atoms with Crippen molar-refractivity contribution in [3.05, 3.63) is 64.7 Å². The van der Waals surface area contributed by atoms with Crippen LogP contribution in [0.15, 0.2) is 42.5 Å². The van der Waals surface area contributed by atoms with E-state index >= 15 is 0 Å². The summed E-state index contributed by atoms with van der Waals surface area (Å²) >= 11 is 0. The predicted molar refractivity (Wildman–Crippen MR) is 86.2 cm³/mol. The average molecular weight is 311 g/mol. The summed E-state index contributed by atoms with van der Waals surface area (Å²) < 4.78 is 0. The molecule has 0 saturated heterocycles. The zero-order valence-electron chi connectivity index (χ0n) is 12.5. The van der Waals surface area contributed by atoms with Gasteiger partial charge in [0.1, 0.15) is 0 Å². The lowest BCUT2D eigenvalue weighted by molar-refractivity contribution is 0.0652. The number of hydrogen-bond acceptors (Lipinski definition) is 3. The molecular weight excluding hydrogens is 294 g/mol. The molecular formula is C18H17NO4. The minimum absolute atomic E-state index is 0.106. The van der Waals surface area contributed by atoms with Crippen LogP contribution in [0, 0.1) is 0 Å². The molecule has 23 heavy (non-hydrogen) atoms. The van der Waals surface area contributed by atoms with Crippen LogP contribution in [0.3, 0.4) is 0 Å². The van der Waals surface area contributed by atoms with Crippen molar-refractivity contribution in [2.45, 2.75) is 19.4 Å². The largest absolute Gasteiger partial charge is 0.478 e. The number of carbonyl (C=O) groups is 2. The summed E-state index contributed by atoms with van der Waals surface area (Å²) in [4.78, 5) is 25.1. The summed E-state index contributed by atoms with van der Waals surface area (Å²) in [7, 11) is 0. The highest BCUT2D eigenvalue weighted by Crippen LogP contribution is 2.34. The van der Waals surface area contributed by atoms with Crippen LogP contribution >= 0.6 is 0 Å². The van der Waals surface area contributed by atoms with Gasteiger partial charge in [0.25, 0.3) is 0 Å². The monoisotopic (exact) mass is 311 g/mol. The Labute approximate surface area is 133 Å². The molecule has 0 spiro atoms. The van der Waals surface area contributed by atoms with Gasteiger partial charge in [-0.05, 0) is 30.0 Å². The van der Waals surface area contributed by atoms with Gasteiger partial charge >= 0.3 is 11.9 Å². The first-order valence-corrected chi connectivity index (χ1v) is 7.49. The molecule has 0 radical (unpaired) electrons. The molecule has 0 unspecified atom stereocenters. The fraction of sp³-hybridized carbons (Fsp3) is 0.222. The summed E-state index contributed by atoms with van der Waals surface area (Å²) in [5.41, 5.74) is 2.25. The third-order valence-electron chi connectivity index (χ3n) is 4.11. The van der Waals surface area contributed by atoms with Crippen molar-refractivity contribution < 1.29 is 19.8 Å². The standard InChI is InChI=1S/C18H17NO4/c20-17(21)14-9-8-13-7-4-10-19(16(13)15(14)18(22)23)11-12-5-2-1-3-6-12/h1-3,5-6,8-9H,4,7,10-11H2,(H,20,21)(H,22,23). The molecule has 1 aliphatic heterocycles. The Bertz CT molecular complexity index is 755. The molecule has 0 atom stereocenters. The Morgan fingerprint density at radius 1 is 1.00 bits per heavy atom. The van der Waals surface area contributed by atoms with Gasteiger partial charge in [0.05, 0.1) is 16.8 Å². The van der Waals surface area contributed by atoms with Gasteiger partial charge in [0.15, 0.2) is 0 Å². The fourth-order valence-electron chi connectivity index (χ4n) is 3.13. The molecule has 5 nitrogen and oxygen atoms in total. The molecule has 0 aromatic heterocycles. The van der Waals surface area contributed by atoms with Crippen molar-refractivity contribution in [3.63, 3.8) is 0 Å². The summed E-state index contributed by atoms with van der Waals surface area (Å²) in [5.74, 6) is -2.41. The van der Waals surface area contributed by atoms with Crippen molar-refractivity contribution in [3.8, 4) is 0 Å². The predicted octanol–water partition coefficient (Wildman–Crippen LogP) is 3.04. The second-order valence-electron chi connectivity index (χ2n) is 5.62. The minimum atomic E-state index is -1.21. The normalized spacial score (nSPS) is 13.5. The number of anilines is 1. The van der Waals surface area contributed by atoms with Crippen molar-refractivity contribution in [1.82, 2.24) is 0 Å². The molecule has 2 aromatic rings. The molecule has 0 aliphatic carbocycles. The van der Waals surface area contributed by atoms with Gasteiger partial charge in [-0.1, -0.05) is 36.4 Å². The molecule has 5 heteroatoms. The Balaban J connectivity index is 2.10. The molecule has 1 heterocycles. The highest BCUT2D eigenvalue weighted by Gasteiger charge is 2.28. The van der Waals surface area contributed by atoms with E-state index in [1.54, 1.807) is 6.07 Å². The van der Waals surface area contributed by atoms with Gasteiger partial charge in [-0.25, -0.2) is 9.59 Å². The smallest absolute Gasteiger partial charge is 0.338 e. The topological polar surface area (TPSA) is 77.8 Å². The summed E-state index contributed by atoms with van der Waals surface area (Å²) in [6.07, 6.45) is 1.69. The molecule has 0 saturated carbocycles. The molecule has 2 aromatic carbocycles. The highest BCUT2D eigenvalue weighted by molar-refractivity contribution is 6.06. The van der Waals surface area contributed by atoms with Gasteiger partial charge in [-0.3, -0.25) is 0 Å². The van der Waals surface area contributed by atoms with Crippen molar-refractivity contribution in [1.29, 1.82) is 0 Å². The van der Waals surface area contributed by atoms with E-state index in [9.17, 15) is 19.8 Å². The van der Waals surface area contributed by atoms with E-state index in [2.05, 4.69) is 0 Å². The maximum atomic E-state index is 11.7. The molecule has 0 amide bonds. The Kier molecular flexibility index (Phi) is 4.02. The van der Waals surface area contributed by atoms with Crippen molar-refractivity contribution >= 4 is 17.6 Å². The average Bonchev–Trinajstić information content (AvgIpc) is 2.54. The maximum Gasteiger partial charge on any atom is 0.338 e. The molecule has 1 aliphatic rings. The number of carboxylic acids is 2. The van der Waals surface area contributed by atoms with Crippen molar-refractivity contribution in [2.75, 3.05) is 11.4 Å². The maximum absolute atomic E-state index is 11.7. The van der Waals surface area contributed by atoms with Crippen molar-refractivity contribution in [2.24, 2.45) is 0 Å². The van der Waals surface area contributed by atoms with E-state index in [4.69, 9.17) is 0 Å². The Hall–Kier alpha value is -2.82.